The predicted molar refractivity (Wildman–Crippen MR) is 92.4 cm³/mol. The van der Waals surface area contributed by atoms with Crippen LogP contribution in [-0.2, 0) is 4.79 Å². The van der Waals surface area contributed by atoms with E-state index in [0.29, 0.717) is 17.1 Å². The number of amides is 1. The zero-order chi connectivity index (χ0) is 17.4. The Hall–Kier alpha value is -3.59. The summed E-state index contributed by atoms with van der Waals surface area (Å²) in [5.41, 5.74) is 1.56. The van der Waals surface area contributed by atoms with Crippen LogP contribution in [0.15, 0.2) is 65.5 Å². The smallest absolute Gasteiger partial charge is 0.277 e. The minimum atomic E-state index is -0.956. The maximum Gasteiger partial charge on any atom is 0.277 e. The molecule has 2 heterocycles. The molecule has 0 spiro atoms. The van der Waals surface area contributed by atoms with Crippen LogP contribution in [0.25, 0.3) is 5.69 Å². The highest BCUT2D eigenvalue weighted by Gasteiger charge is 2.40. The number of nitrogens with zero attached hydrogens (tertiary/aromatic N) is 2. The van der Waals surface area contributed by atoms with Crippen LogP contribution in [0.3, 0.4) is 0 Å². The van der Waals surface area contributed by atoms with E-state index in [1.54, 1.807) is 12.1 Å². The van der Waals surface area contributed by atoms with E-state index >= 15 is 0 Å². The van der Waals surface area contributed by atoms with Crippen molar-refractivity contribution in [2.45, 2.75) is 5.92 Å². The number of H-pyrrole nitrogens is 1. The normalized spacial score (nSPS) is 18.9. The van der Waals surface area contributed by atoms with E-state index in [2.05, 4.69) is 10.4 Å². The topological polar surface area (TPSA) is 90.7 Å². The summed E-state index contributed by atoms with van der Waals surface area (Å²) in [7, 11) is 0. The molecule has 0 saturated heterocycles. The maximum absolute atomic E-state index is 13.0. The fourth-order valence-corrected chi connectivity index (χ4v) is 3.26. The largest absolute Gasteiger partial charge is 0.310 e. The summed E-state index contributed by atoms with van der Waals surface area (Å²) in [4.78, 5) is 25.4. The highest BCUT2D eigenvalue weighted by Crippen LogP contribution is 2.38. The van der Waals surface area contributed by atoms with Crippen LogP contribution in [0.4, 0.5) is 5.82 Å². The fourth-order valence-electron chi connectivity index (χ4n) is 3.26. The zero-order valence-corrected chi connectivity index (χ0v) is 13.1. The standard InChI is InChI=1S/C19H14N4O2/c20-11-14-15(12-7-3-1-4-8-12)16-17(21-18(14)24)22-23(19(16)25)13-9-5-2-6-10-13/h1-10,14-15,22H,(H,21,24)/t14-,15-/m0/s1. The third-order valence-electron chi connectivity index (χ3n) is 4.41. The quantitative estimate of drug-likeness (QED) is 0.756. The van der Waals surface area contributed by atoms with Crippen LogP contribution < -0.4 is 10.9 Å². The van der Waals surface area contributed by atoms with Crippen molar-refractivity contribution in [1.82, 2.24) is 9.78 Å². The number of para-hydroxylation sites is 1. The van der Waals surface area contributed by atoms with E-state index < -0.39 is 17.7 Å². The summed E-state index contributed by atoms with van der Waals surface area (Å²) in [6, 6.07) is 20.3. The molecule has 4 rings (SSSR count). The van der Waals surface area contributed by atoms with Crippen molar-refractivity contribution in [2.75, 3.05) is 5.32 Å². The number of hydrogen-bond acceptors (Lipinski definition) is 3. The maximum atomic E-state index is 13.0. The molecule has 3 aromatic rings. The van der Waals surface area contributed by atoms with Gasteiger partial charge in [-0.15, -0.1) is 0 Å². The highest BCUT2D eigenvalue weighted by molar-refractivity contribution is 5.97. The zero-order valence-electron chi connectivity index (χ0n) is 13.1. The van der Waals surface area contributed by atoms with Gasteiger partial charge >= 0.3 is 0 Å². The molecular formula is C19H14N4O2. The van der Waals surface area contributed by atoms with E-state index in [9.17, 15) is 14.9 Å². The molecule has 1 aliphatic heterocycles. The summed E-state index contributed by atoms with van der Waals surface area (Å²) in [5, 5.41) is 15.1. The highest BCUT2D eigenvalue weighted by atomic mass is 16.2. The monoisotopic (exact) mass is 330 g/mol. The first-order valence-corrected chi connectivity index (χ1v) is 7.86. The van der Waals surface area contributed by atoms with Gasteiger partial charge in [0.05, 0.1) is 17.3 Å². The molecule has 2 N–H and O–H groups in total. The van der Waals surface area contributed by atoms with Crippen LogP contribution in [0.1, 0.15) is 17.0 Å². The van der Waals surface area contributed by atoms with Gasteiger partial charge in [-0.2, -0.15) is 5.26 Å². The number of benzene rings is 2. The van der Waals surface area contributed by atoms with Gasteiger partial charge in [-0.05, 0) is 17.7 Å². The predicted octanol–water partition coefficient (Wildman–Crippen LogP) is 2.39. The average Bonchev–Trinajstić information content (AvgIpc) is 2.98. The lowest BCUT2D eigenvalue weighted by atomic mass is 9.79. The summed E-state index contributed by atoms with van der Waals surface area (Å²) >= 11 is 0. The number of nitriles is 1. The second-order valence-electron chi connectivity index (χ2n) is 5.86. The Kier molecular flexibility index (Phi) is 3.47. The molecule has 1 aromatic heterocycles. The van der Waals surface area contributed by atoms with Crippen molar-refractivity contribution in [3.8, 4) is 11.8 Å². The molecule has 1 aliphatic rings. The Bertz CT molecular complexity index is 1030. The van der Waals surface area contributed by atoms with Crippen molar-refractivity contribution in [1.29, 1.82) is 5.26 Å². The number of aromatic amines is 1. The van der Waals surface area contributed by atoms with Gasteiger partial charge in [-0.25, -0.2) is 4.68 Å². The summed E-state index contributed by atoms with van der Waals surface area (Å²) in [6.07, 6.45) is 0. The molecule has 25 heavy (non-hydrogen) atoms. The molecule has 0 unspecified atom stereocenters. The van der Waals surface area contributed by atoms with Crippen LogP contribution in [-0.4, -0.2) is 15.7 Å². The van der Waals surface area contributed by atoms with Gasteiger partial charge < -0.3 is 5.32 Å². The van der Waals surface area contributed by atoms with Gasteiger partial charge in [0, 0.05) is 5.92 Å². The summed E-state index contributed by atoms with van der Waals surface area (Å²) in [5.74, 6) is -1.63. The third kappa shape index (κ3) is 2.34. The van der Waals surface area contributed by atoms with Crippen LogP contribution >= 0.6 is 0 Å². The van der Waals surface area contributed by atoms with E-state index in [4.69, 9.17) is 0 Å². The van der Waals surface area contributed by atoms with Gasteiger partial charge in [-0.3, -0.25) is 14.7 Å². The molecule has 0 bridgehead atoms. The van der Waals surface area contributed by atoms with Crippen molar-refractivity contribution in [3.63, 3.8) is 0 Å². The minimum Gasteiger partial charge on any atom is -0.310 e. The molecule has 1 amide bonds. The molecule has 0 aliphatic carbocycles. The lowest BCUT2D eigenvalue weighted by molar-refractivity contribution is -0.119. The first-order chi connectivity index (χ1) is 12.2. The fraction of sp³-hybridized carbons (Fsp3) is 0.105. The van der Waals surface area contributed by atoms with Crippen LogP contribution in [0.2, 0.25) is 0 Å². The SMILES string of the molecule is N#C[C@@H]1C(=O)Nc2[nH]n(-c3ccccc3)c(=O)c2[C@H]1c1ccccc1. The number of hydrogen-bond donors (Lipinski definition) is 2. The number of carbonyl (C=O) groups excluding carboxylic acids is 1. The number of anilines is 1. The van der Waals surface area contributed by atoms with Crippen LogP contribution in [0, 0.1) is 17.2 Å². The second kappa shape index (κ2) is 5.80. The Morgan fingerprint density at radius 1 is 0.960 bits per heavy atom. The van der Waals surface area contributed by atoms with Gasteiger partial charge in [-0.1, -0.05) is 48.5 Å². The Morgan fingerprint density at radius 2 is 1.60 bits per heavy atom. The number of fused-ring (bicyclic) bond motifs is 1. The Morgan fingerprint density at radius 3 is 2.24 bits per heavy atom. The molecule has 122 valence electrons. The van der Waals surface area contributed by atoms with E-state index in [0.717, 1.165) is 5.56 Å². The molecule has 6 heteroatoms. The molecule has 0 saturated carbocycles. The molecule has 2 aromatic carbocycles. The van der Waals surface area contributed by atoms with E-state index in [-0.39, 0.29) is 5.56 Å². The Labute approximate surface area is 143 Å². The lowest BCUT2D eigenvalue weighted by Gasteiger charge is -2.25. The number of aromatic nitrogens is 2. The third-order valence-corrected chi connectivity index (χ3v) is 4.41. The van der Waals surface area contributed by atoms with Crippen molar-refractivity contribution >= 4 is 11.7 Å². The van der Waals surface area contributed by atoms with Crippen LogP contribution in [0.5, 0.6) is 0 Å². The average molecular weight is 330 g/mol. The first kappa shape index (κ1) is 15.0. The molecule has 0 fully saturated rings. The molecule has 0 radical (unpaired) electrons. The van der Waals surface area contributed by atoms with E-state index in [1.165, 1.54) is 4.68 Å². The summed E-state index contributed by atoms with van der Waals surface area (Å²) < 4.78 is 1.39. The van der Waals surface area contributed by atoms with Crippen molar-refractivity contribution in [2.24, 2.45) is 5.92 Å². The lowest BCUT2D eigenvalue weighted by Crippen LogP contribution is -2.35. The Balaban J connectivity index is 1.95. The summed E-state index contributed by atoms with van der Waals surface area (Å²) in [6.45, 7) is 0. The van der Waals surface area contributed by atoms with Gasteiger partial charge in [0.15, 0.2) is 0 Å². The van der Waals surface area contributed by atoms with Gasteiger partial charge in [0.2, 0.25) is 5.91 Å². The molecule has 6 nitrogen and oxygen atoms in total. The van der Waals surface area contributed by atoms with E-state index in [1.807, 2.05) is 54.6 Å². The first-order valence-electron chi connectivity index (χ1n) is 7.86. The van der Waals surface area contributed by atoms with Gasteiger partial charge in [0.25, 0.3) is 5.56 Å². The second-order valence-corrected chi connectivity index (χ2v) is 5.86. The number of nitrogens with one attached hydrogen (secondary N) is 2. The molecular weight excluding hydrogens is 316 g/mol. The molecule has 2 atom stereocenters. The number of carbonyl (C=O) groups is 1. The van der Waals surface area contributed by atoms with Crippen molar-refractivity contribution < 1.29 is 4.79 Å². The van der Waals surface area contributed by atoms with Gasteiger partial charge in [0.1, 0.15) is 11.7 Å². The van der Waals surface area contributed by atoms with Crippen molar-refractivity contribution in [3.05, 3.63) is 82.1 Å². The number of rotatable bonds is 2. The minimum absolute atomic E-state index is 0.268.